The topological polar surface area (TPSA) is 72.2 Å². The summed E-state index contributed by atoms with van der Waals surface area (Å²) in [4.78, 5) is 29.6. The van der Waals surface area contributed by atoms with Gasteiger partial charge in [0, 0.05) is 13.1 Å². The molecular weight excluding hydrogens is 439 g/mol. The van der Waals surface area contributed by atoms with Crippen molar-refractivity contribution in [1.82, 2.24) is 9.80 Å². The Morgan fingerprint density at radius 3 is 2.50 bits per heavy atom. The van der Waals surface area contributed by atoms with Crippen LogP contribution >= 0.6 is 0 Å². The lowest BCUT2D eigenvalue weighted by Gasteiger charge is -2.28. The van der Waals surface area contributed by atoms with Crippen LogP contribution in [0.4, 0.5) is 4.39 Å². The summed E-state index contributed by atoms with van der Waals surface area (Å²) in [5.41, 5.74) is 0.796. The van der Waals surface area contributed by atoms with Crippen LogP contribution < -0.4 is 9.47 Å². The first-order valence-electron chi connectivity index (χ1n) is 11.1. The molecular formula is C26H27FN2O5. The van der Waals surface area contributed by atoms with Gasteiger partial charge in [0.1, 0.15) is 18.1 Å². The van der Waals surface area contributed by atoms with E-state index in [1.54, 1.807) is 35.4 Å². The number of amides is 2. The van der Waals surface area contributed by atoms with Crippen molar-refractivity contribution in [2.24, 2.45) is 5.92 Å². The van der Waals surface area contributed by atoms with Crippen LogP contribution in [-0.4, -0.2) is 41.5 Å². The molecule has 0 fully saturated rings. The standard InChI is InChI=1S/C26H27FN2O5/c1-18(2)13-29(26(31)21-7-3-4-8-22(21)27)16-25(30)28(15-20-6-5-11-32-20)14-19-9-10-23-24(12-19)34-17-33-23/h3-12,18H,13-17H2,1-2H3. The Hall–Kier alpha value is -3.81. The fourth-order valence-corrected chi connectivity index (χ4v) is 3.81. The molecule has 4 rings (SSSR count). The van der Waals surface area contributed by atoms with E-state index in [-0.39, 0.29) is 43.8 Å². The predicted octanol–water partition coefficient (Wildman–Crippen LogP) is 4.47. The lowest BCUT2D eigenvalue weighted by Crippen LogP contribution is -2.44. The molecule has 2 heterocycles. The molecule has 2 aromatic carbocycles. The van der Waals surface area contributed by atoms with Gasteiger partial charge in [-0.15, -0.1) is 0 Å². The maximum Gasteiger partial charge on any atom is 0.257 e. The third kappa shape index (κ3) is 5.57. The quantitative estimate of drug-likeness (QED) is 0.465. The number of benzene rings is 2. The maximum atomic E-state index is 14.3. The fourth-order valence-electron chi connectivity index (χ4n) is 3.81. The minimum absolute atomic E-state index is 0.0516. The summed E-state index contributed by atoms with van der Waals surface area (Å²) in [7, 11) is 0. The first kappa shape index (κ1) is 23.4. The molecule has 0 spiro atoms. The number of carbonyl (C=O) groups excluding carboxylic acids is 2. The average molecular weight is 467 g/mol. The Labute approximate surface area is 197 Å². The lowest BCUT2D eigenvalue weighted by atomic mass is 10.1. The minimum Gasteiger partial charge on any atom is -0.467 e. The molecule has 1 aromatic heterocycles. The van der Waals surface area contributed by atoms with Gasteiger partial charge in [-0.05, 0) is 47.9 Å². The number of hydrogen-bond acceptors (Lipinski definition) is 5. The Morgan fingerprint density at radius 2 is 1.76 bits per heavy atom. The summed E-state index contributed by atoms with van der Waals surface area (Å²) >= 11 is 0. The van der Waals surface area contributed by atoms with Crippen LogP contribution in [0.2, 0.25) is 0 Å². The van der Waals surface area contributed by atoms with Crippen molar-refractivity contribution in [3.8, 4) is 11.5 Å². The molecule has 7 nitrogen and oxygen atoms in total. The van der Waals surface area contributed by atoms with Gasteiger partial charge < -0.3 is 23.7 Å². The van der Waals surface area contributed by atoms with E-state index in [0.717, 1.165) is 5.56 Å². The van der Waals surface area contributed by atoms with Crippen LogP contribution in [0.1, 0.15) is 35.5 Å². The van der Waals surface area contributed by atoms with Crippen molar-refractivity contribution in [1.29, 1.82) is 0 Å². The fraction of sp³-hybridized carbons (Fsp3) is 0.308. The number of nitrogens with zero attached hydrogens (tertiary/aromatic N) is 2. The molecule has 0 N–H and O–H groups in total. The molecule has 3 aromatic rings. The predicted molar refractivity (Wildman–Crippen MR) is 123 cm³/mol. The van der Waals surface area contributed by atoms with E-state index in [2.05, 4.69) is 0 Å². The van der Waals surface area contributed by atoms with Gasteiger partial charge in [-0.2, -0.15) is 0 Å². The van der Waals surface area contributed by atoms with Crippen molar-refractivity contribution < 1.29 is 27.9 Å². The zero-order chi connectivity index (χ0) is 24.1. The monoisotopic (exact) mass is 466 g/mol. The second-order valence-electron chi connectivity index (χ2n) is 8.58. The van der Waals surface area contributed by atoms with Crippen LogP contribution in [0, 0.1) is 11.7 Å². The summed E-state index contributed by atoms with van der Waals surface area (Å²) < 4.78 is 30.6. The highest BCUT2D eigenvalue weighted by Crippen LogP contribution is 2.33. The Balaban J connectivity index is 1.56. The van der Waals surface area contributed by atoms with E-state index in [9.17, 15) is 14.0 Å². The molecule has 0 atom stereocenters. The van der Waals surface area contributed by atoms with E-state index >= 15 is 0 Å². The van der Waals surface area contributed by atoms with Gasteiger partial charge in [-0.1, -0.05) is 32.0 Å². The zero-order valence-electron chi connectivity index (χ0n) is 19.2. The number of halogens is 1. The molecule has 0 saturated carbocycles. The first-order chi connectivity index (χ1) is 16.4. The van der Waals surface area contributed by atoms with E-state index in [0.29, 0.717) is 23.8 Å². The van der Waals surface area contributed by atoms with Gasteiger partial charge in [-0.25, -0.2) is 4.39 Å². The number of fused-ring (bicyclic) bond motifs is 1. The van der Waals surface area contributed by atoms with Crippen molar-refractivity contribution in [3.63, 3.8) is 0 Å². The molecule has 0 aliphatic carbocycles. The Kier molecular flexibility index (Phi) is 7.15. The normalized spacial score (nSPS) is 12.1. The zero-order valence-corrected chi connectivity index (χ0v) is 19.2. The first-order valence-corrected chi connectivity index (χ1v) is 11.1. The molecule has 0 bridgehead atoms. The largest absolute Gasteiger partial charge is 0.467 e. The third-order valence-electron chi connectivity index (χ3n) is 5.39. The second kappa shape index (κ2) is 10.4. The molecule has 2 amide bonds. The van der Waals surface area contributed by atoms with Crippen molar-refractivity contribution in [2.75, 3.05) is 19.9 Å². The molecule has 1 aliphatic rings. The van der Waals surface area contributed by atoms with Gasteiger partial charge in [0.05, 0.1) is 18.4 Å². The Bertz CT molecular complexity index is 1150. The number of furan rings is 1. The van der Waals surface area contributed by atoms with Crippen molar-refractivity contribution >= 4 is 11.8 Å². The minimum atomic E-state index is -0.610. The number of carbonyl (C=O) groups is 2. The third-order valence-corrected chi connectivity index (χ3v) is 5.39. The summed E-state index contributed by atoms with van der Waals surface area (Å²) in [6.45, 7) is 4.69. The van der Waals surface area contributed by atoms with Crippen LogP contribution in [0.5, 0.6) is 11.5 Å². The van der Waals surface area contributed by atoms with Crippen molar-refractivity contribution in [3.05, 3.63) is 83.6 Å². The van der Waals surface area contributed by atoms with E-state index < -0.39 is 11.7 Å². The summed E-state index contributed by atoms with van der Waals surface area (Å²) in [5.74, 6) is 0.591. The van der Waals surface area contributed by atoms with Crippen LogP contribution in [0.3, 0.4) is 0 Å². The molecule has 1 aliphatic heterocycles. The van der Waals surface area contributed by atoms with Gasteiger partial charge in [0.2, 0.25) is 12.7 Å². The molecule has 0 radical (unpaired) electrons. The smallest absolute Gasteiger partial charge is 0.257 e. The number of rotatable bonds is 9. The van der Waals surface area contributed by atoms with E-state index in [1.807, 2.05) is 26.0 Å². The SMILES string of the molecule is CC(C)CN(CC(=O)N(Cc1ccc2c(c1)OCO2)Cc1ccco1)C(=O)c1ccccc1F. The highest BCUT2D eigenvalue weighted by atomic mass is 19.1. The molecule has 0 unspecified atom stereocenters. The number of ether oxygens (including phenoxy) is 2. The molecule has 34 heavy (non-hydrogen) atoms. The molecule has 8 heteroatoms. The van der Waals surface area contributed by atoms with Gasteiger partial charge in [-0.3, -0.25) is 9.59 Å². The Morgan fingerprint density at radius 1 is 0.971 bits per heavy atom. The number of hydrogen-bond donors (Lipinski definition) is 0. The van der Waals surface area contributed by atoms with Crippen LogP contribution in [0.25, 0.3) is 0 Å². The second-order valence-corrected chi connectivity index (χ2v) is 8.58. The van der Waals surface area contributed by atoms with Gasteiger partial charge >= 0.3 is 0 Å². The summed E-state index contributed by atoms with van der Waals surface area (Å²) in [5, 5.41) is 0. The van der Waals surface area contributed by atoms with Gasteiger partial charge in [0.25, 0.3) is 5.91 Å². The van der Waals surface area contributed by atoms with E-state index in [1.165, 1.54) is 23.1 Å². The highest BCUT2D eigenvalue weighted by molar-refractivity contribution is 5.96. The van der Waals surface area contributed by atoms with Gasteiger partial charge in [0.15, 0.2) is 11.5 Å². The average Bonchev–Trinajstić information content (AvgIpc) is 3.49. The molecule has 178 valence electrons. The highest BCUT2D eigenvalue weighted by Gasteiger charge is 2.26. The summed E-state index contributed by atoms with van der Waals surface area (Å²) in [6, 6.07) is 14.9. The maximum absolute atomic E-state index is 14.3. The lowest BCUT2D eigenvalue weighted by molar-refractivity contribution is -0.133. The van der Waals surface area contributed by atoms with E-state index in [4.69, 9.17) is 13.9 Å². The van der Waals surface area contributed by atoms with Crippen LogP contribution in [0.15, 0.2) is 65.3 Å². The van der Waals surface area contributed by atoms with Crippen LogP contribution in [-0.2, 0) is 17.9 Å². The molecule has 0 saturated heterocycles. The van der Waals surface area contributed by atoms with Crippen molar-refractivity contribution in [2.45, 2.75) is 26.9 Å². The summed E-state index contributed by atoms with van der Waals surface area (Å²) in [6.07, 6.45) is 1.55.